The molecular weight excluding hydrogens is 356 g/mol. The number of amides is 1. The minimum Gasteiger partial charge on any atom is -0.347 e. The number of hydrogen-bond donors (Lipinski definition) is 1. The molecule has 5 nitrogen and oxygen atoms in total. The van der Waals surface area contributed by atoms with Crippen molar-refractivity contribution < 1.29 is 4.79 Å². The van der Waals surface area contributed by atoms with E-state index in [1.807, 2.05) is 43.6 Å². The third-order valence-electron chi connectivity index (χ3n) is 4.67. The number of rotatable bonds is 4. The summed E-state index contributed by atoms with van der Waals surface area (Å²) in [5, 5.41) is 6.75. The van der Waals surface area contributed by atoms with E-state index in [2.05, 4.69) is 20.1 Å². The Morgan fingerprint density at radius 2 is 2.16 bits per heavy atom. The second-order valence-electron chi connectivity index (χ2n) is 6.27. The van der Waals surface area contributed by atoms with E-state index in [9.17, 15) is 4.79 Å². The van der Waals surface area contributed by atoms with Gasteiger partial charge in [-0.1, -0.05) is 17.7 Å². The summed E-state index contributed by atoms with van der Waals surface area (Å²) < 4.78 is 0. The van der Waals surface area contributed by atoms with E-state index in [-0.39, 0.29) is 11.9 Å². The molecule has 0 radical (unpaired) electrons. The fourth-order valence-electron chi connectivity index (χ4n) is 3.03. The molecule has 1 atom stereocenters. The van der Waals surface area contributed by atoms with Crippen LogP contribution in [0.2, 0.25) is 5.02 Å². The summed E-state index contributed by atoms with van der Waals surface area (Å²) in [6.07, 6.45) is 2.86. The van der Waals surface area contributed by atoms with Gasteiger partial charge in [0.2, 0.25) is 5.91 Å². The van der Waals surface area contributed by atoms with Crippen molar-refractivity contribution in [1.82, 2.24) is 9.88 Å². The molecule has 134 valence electrons. The number of carbonyl (C=O) groups excluding carboxylic acids is 1. The molecule has 1 saturated heterocycles. The smallest absolute Gasteiger partial charge is 0.241 e. The maximum atomic E-state index is 12.7. The molecule has 0 aliphatic carbocycles. The van der Waals surface area contributed by atoms with Crippen LogP contribution in [-0.2, 0) is 4.79 Å². The van der Waals surface area contributed by atoms with Crippen LogP contribution in [0.5, 0.6) is 0 Å². The third kappa shape index (κ3) is 4.32. The minimum atomic E-state index is -0.186. The molecule has 0 bridgehead atoms. The van der Waals surface area contributed by atoms with E-state index < -0.39 is 0 Å². The van der Waals surface area contributed by atoms with Gasteiger partial charge in [-0.05, 0) is 38.0 Å². The SMILES string of the molecule is Cc1c(Cl)cccc1NC(=O)[C@@H](C)N1CCCN(c2nccs2)CC1. The summed E-state index contributed by atoms with van der Waals surface area (Å²) in [7, 11) is 0. The maximum Gasteiger partial charge on any atom is 0.241 e. The van der Waals surface area contributed by atoms with Crippen LogP contribution in [0.15, 0.2) is 29.8 Å². The zero-order chi connectivity index (χ0) is 17.8. The molecule has 7 heteroatoms. The standard InChI is InChI=1S/C18H23ClN4OS/c1-13-15(19)5-3-6-16(13)21-17(24)14(2)22-8-4-9-23(11-10-22)18-20-7-12-25-18/h3,5-7,12,14H,4,8-11H2,1-2H3,(H,21,24)/t14-/m1/s1. The lowest BCUT2D eigenvalue weighted by molar-refractivity contribution is -0.120. The van der Waals surface area contributed by atoms with Crippen LogP contribution in [0.4, 0.5) is 10.8 Å². The van der Waals surface area contributed by atoms with Gasteiger partial charge in [-0.3, -0.25) is 9.69 Å². The van der Waals surface area contributed by atoms with Crippen LogP contribution in [0.25, 0.3) is 0 Å². The molecule has 25 heavy (non-hydrogen) atoms. The molecule has 1 aromatic carbocycles. The molecule has 0 spiro atoms. The molecule has 3 rings (SSSR count). The summed E-state index contributed by atoms with van der Waals surface area (Å²) in [5.41, 5.74) is 1.68. The predicted octanol–water partition coefficient (Wildman–Crippen LogP) is 3.64. The van der Waals surface area contributed by atoms with Gasteiger partial charge in [-0.15, -0.1) is 11.3 Å². The highest BCUT2D eigenvalue weighted by atomic mass is 35.5. The van der Waals surface area contributed by atoms with E-state index in [1.54, 1.807) is 11.3 Å². The van der Waals surface area contributed by atoms with Crippen molar-refractivity contribution in [3.63, 3.8) is 0 Å². The van der Waals surface area contributed by atoms with Gasteiger partial charge < -0.3 is 10.2 Å². The number of anilines is 2. The molecule has 2 aromatic rings. The first-order valence-corrected chi connectivity index (χ1v) is 9.76. The zero-order valence-corrected chi connectivity index (χ0v) is 16.1. The number of benzene rings is 1. The first kappa shape index (κ1) is 18.2. The Bertz CT molecular complexity index is 722. The minimum absolute atomic E-state index is 0.00747. The average Bonchev–Trinajstić information content (AvgIpc) is 3.03. The Labute approximate surface area is 157 Å². The molecule has 0 unspecified atom stereocenters. The van der Waals surface area contributed by atoms with Crippen molar-refractivity contribution >= 4 is 39.7 Å². The average molecular weight is 379 g/mol. The maximum absolute atomic E-state index is 12.7. The van der Waals surface area contributed by atoms with Crippen LogP contribution >= 0.6 is 22.9 Å². The first-order valence-electron chi connectivity index (χ1n) is 8.50. The summed E-state index contributed by atoms with van der Waals surface area (Å²) in [6.45, 7) is 7.51. The number of nitrogens with zero attached hydrogens (tertiary/aromatic N) is 3. The Balaban J connectivity index is 1.61. The largest absolute Gasteiger partial charge is 0.347 e. The van der Waals surface area contributed by atoms with E-state index in [0.29, 0.717) is 5.02 Å². The van der Waals surface area contributed by atoms with Gasteiger partial charge in [0, 0.05) is 48.5 Å². The fraction of sp³-hybridized carbons (Fsp3) is 0.444. The van der Waals surface area contributed by atoms with Crippen molar-refractivity contribution in [1.29, 1.82) is 0 Å². The van der Waals surface area contributed by atoms with Crippen LogP contribution in [-0.4, -0.2) is 48.0 Å². The highest BCUT2D eigenvalue weighted by Crippen LogP contribution is 2.24. The van der Waals surface area contributed by atoms with Crippen LogP contribution < -0.4 is 10.2 Å². The van der Waals surface area contributed by atoms with Gasteiger partial charge in [-0.25, -0.2) is 4.98 Å². The van der Waals surface area contributed by atoms with Gasteiger partial charge in [0.25, 0.3) is 0 Å². The van der Waals surface area contributed by atoms with Crippen molar-refractivity contribution in [2.45, 2.75) is 26.3 Å². The molecule has 1 fully saturated rings. The summed E-state index contributed by atoms with van der Waals surface area (Å²) >= 11 is 7.80. The van der Waals surface area contributed by atoms with Crippen molar-refractivity contribution in [3.8, 4) is 0 Å². The van der Waals surface area contributed by atoms with Gasteiger partial charge in [-0.2, -0.15) is 0 Å². The normalized spacial score (nSPS) is 17.2. The first-order chi connectivity index (χ1) is 12.1. The van der Waals surface area contributed by atoms with Gasteiger partial charge in [0.1, 0.15) is 0 Å². The topological polar surface area (TPSA) is 48.5 Å². The Kier molecular flexibility index (Phi) is 5.93. The molecule has 1 aromatic heterocycles. The monoisotopic (exact) mass is 378 g/mol. The number of aromatic nitrogens is 1. The lowest BCUT2D eigenvalue weighted by atomic mass is 10.2. The fourth-order valence-corrected chi connectivity index (χ4v) is 3.91. The number of halogens is 1. The number of carbonyl (C=O) groups is 1. The molecular formula is C18H23ClN4OS. The molecule has 1 N–H and O–H groups in total. The molecule has 1 aliphatic heterocycles. The van der Waals surface area contributed by atoms with Gasteiger partial charge in [0.05, 0.1) is 6.04 Å². The van der Waals surface area contributed by atoms with Crippen molar-refractivity contribution in [2.24, 2.45) is 0 Å². The molecule has 1 amide bonds. The predicted molar refractivity (Wildman–Crippen MR) is 105 cm³/mol. The second-order valence-corrected chi connectivity index (χ2v) is 7.55. The number of hydrogen-bond acceptors (Lipinski definition) is 5. The summed E-state index contributed by atoms with van der Waals surface area (Å²) in [5.74, 6) is 0.00747. The quantitative estimate of drug-likeness (QED) is 0.882. The van der Waals surface area contributed by atoms with E-state index in [1.165, 1.54) is 0 Å². The van der Waals surface area contributed by atoms with Gasteiger partial charge >= 0.3 is 0 Å². The van der Waals surface area contributed by atoms with Crippen molar-refractivity contribution in [2.75, 3.05) is 36.4 Å². The summed E-state index contributed by atoms with van der Waals surface area (Å²) in [4.78, 5) is 21.6. The van der Waals surface area contributed by atoms with Crippen LogP contribution in [0, 0.1) is 6.92 Å². The highest BCUT2D eigenvalue weighted by Gasteiger charge is 2.25. The third-order valence-corrected chi connectivity index (χ3v) is 5.91. The number of nitrogens with one attached hydrogen (secondary N) is 1. The van der Waals surface area contributed by atoms with Crippen molar-refractivity contribution in [3.05, 3.63) is 40.4 Å². The van der Waals surface area contributed by atoms with Crippen LogP contribution in [0.3, 0.4) is 0 Å². The zero-order valence-electron chi connectivity index (χ0n) is 14.5. The lowest BCUT2D eigenvalue weighted by Gasteiger charge is -2.27. The Morgan fingerprint density at radius 3 is 2.92 bits per heavy atom. The Hall–Kier alpha value is -1.63. The van der Waals surface area contributed by atoms with E-state index >= 15 is 0 Å². The van der Waals surface area contributed by atoms with Gasteiger partial charge in [0.15, 0.2) is 5.13 Å². The number of thiazole rings is 1. The van der Waals surface area contributed by atoms with E-state index in [0.717, 1.165) is 49.0 Å². The summed E-state index contributed by atoms with van der Waals surface area (Å²) in [6, 6.07) is 5.39. The molecule has 2 heterocycles. The van der Waals surface area contributed by atoms with Crippen LogP contribution in [0.1, 0.15) is 18.9 Å². The second kappa shape index (κ2) is 8.17. The highest BCUT2D eigenvalue weighted by molar-refractivity contribution is 7.13. The lowest BCUT2D eigenvalue weighted by Crippen LogP contribution is -2.44. The molecule has 0 saturated carbocycles. The van der Waals surface area contributed by atoms with E-state index in [4.69, 9.17) is 11.6 Å². The molecule has 1 aliphatic rings. The Morgan fingerprint density at radius 1 is 1.32 bits per heavy atom.